The summed E-state index contributed by atoms with van der Waals surface area (Å²) in [5, 5.41) is 8.66. The molecule has 0 radical (unpaired) electrons. The van der Waals surface area contributed by atoms with Gasteiger partial charge in [0.25, 0.3) is 0 Å². The minimum atomic E-state index is -0.751. The molecule has 1 atom stereocenters. The molecule has 0 aromatic carbocycles. The predicted octanol–water partition coefficient (Wildman–Crippen LogP) is 2.21. The third kappa shape index (κ3) is 0.848. The van der Waals surface area contributed by atoms with Gasteiger partial charge in [-0.25, -0.2) is 0 Å². The first-order valence-electron chi connectivity index (χ1n) is 2.92. The van der Waals surface area contributed by atoms with E-state index in [1.807, 2.05) is 13.8 Å². The van der Waals surface area contributed by atoms with Crippen LogP contribution < -0.4 is 0 Å². The highest BCUT2D eigenvalue weighted by Gasteiger charge is 2.72. The standard InChI is InChI=1S/C6H8Br2O2/c1-5(2)3(4(9)10)6(5,7)8/h3H,1-2H3,(H,9,10). The van der Waals surface area contributed by atoms with E-state index in [0.29, 0.717) is 0 Å². The molecule has 0 aromatic heterocycles. The largest absolute Gasteiger partial charge is 0.481 e. The Bertz CT molecular complexity index is 172. The van der Waals surface area contributed by atoms with E-state index < -0.39 is 9.20 Å². The Balaban J connectivity index is 2.81. The molecule has 1 N–H and O–H groups in total. The first kappa shape index (κ1) is 8.53. The summed E-state index contributed by atoms with van der Waals surface area (Å²) < 4.78 is -0.390. The summed E-state index contributed by atoms with van der Waals surface area (Å²) in [6.45, 7) is 3.82. The smallest absolute Gasteiger partial charge is 0.309 e. The van der Waals surface area contributed by atoms with Crippen molar-refractivity contribution in [2.45, 2.75) is 17.1 Å². The van der Waals surface area contributed by atoms with Crippen LogP contribution >= 0.6 is 31.9 Å². The van der Waals surface area contributed by atoms with Crippen molar-refractivity contribution in [1.82, 2.24) is 0 Å². The minimum Gasteiger partial charge on any atom is -0.481 e. The van der Waals surface area contributed by atoms with E-state index in [1.54, 1.807) is 0 Å². The summed E-state index contributed by atoms with van der Waals surface area (Å²) in [5.74, 6) is -1.07. The molecule has 2 nitrogen and oxygen atoms in total. The van der Waals surface area contributed by atoms with E-state index in [9.17, 15) is 4.79 Å². The Labute approximate surface area is 76.2 Å². The van der Waals surface area contributed by atoms with Crippen LogP contribution in [0, 0.1) is 11.3 Å². The molecule has 1 saturated carbocycles. The van der Waals surface area contributed by atoms with Gasteiger partial charge in [-0.3, -0.25) is 4.79 Å². The van der Waals surface area contributed by atoms with Crippen molar-refractivity contribution in [1.29, 1.82) is 0 Å². The van der Waals surface area contributed by atoms with Crippen LogP contribution in [-0.4, -0.2) is 14.3 Å². The minimum absolute atomic E-state index is 0.182. The van der Waals surface area contributed by atoms with Gasteiger partial charge in [0.15, 0.2) is 0 Å². The number of rotatable bonds is 1. The van der Waals surface area contributed by atoms with Crippen molar-refractivity contribution in [3.63, 3.8) is 0 Å². The third-order valence-corrected chi connectivity index (χ3v) is 5.07. The van der Waals surface area contributed by atoms with E-state index >= 15 is 0 Å². The van der Waals surface area contributed by atoms with Gasteiger partial charge in [-0.2, -0.15) is 0 Å². The van der Waals surface area contributed by atoms with E-state index in [2.05, 4.69) is 31.9 Å². The lowest BCUT2D eigenvalue weighted by atomic mass is 10.1. The first-order chi connectivity index (χ1) is 4.32. The molecular weight excluding hydrogens is 264 g/mol. The number of alkyl halides is 2. The Morgan fingerprint density at radius 2 is 1.80 bits per heavy atom. The molecule has 0 aromatic rings. The lowest BCUT2D eigenvalue weighted by Gasteiger charge is -1.99. The third-order valence-electron chi connectivity index (χ3n) is 2.11. The predicted molar refractivity (Wildman–Crippen MR) is 45.5 cm³/mol. The van der Waals surface area contributed by atoms with Crippen LogP contribution in [0.15, 0.2) is 0 Å². The summed E-state index contributed by atoms with van der Waals surface area (Å²) in [5.41, 5.74) is -0.182. The van der Waals surface area contributed by atoms with Gasteiger partial charge in [0.1, 0.15) is 3.23 Å². The van der Waals surface area contributed by atoms with Crippen LogP contribution in [0.5, 0.6) is 0 Å². The fourth-order valence-electron chi connectivity index (χ4n) is 1.12. The second-order valence-electron chi connectivity index (χ2n) is 3.12. The molecule has 0 saturated heterocycles. The molecule has 1 rings (SSSR count). The van der Waals surface area contributed by atoms with Crippen molar-refractivity contribution < 1.29 is 9.90 Å². The van der Waals surface area contributed by atoms with Gasteiger partial charge in [-0.15, -0.1) is 0 Å². The Kier molecular flexibility index (Phi) is 1.68. The molecule has 58 valence electrons. The Morgan fingerprint density at radius 3 is 1.80 bits per heavy atom. The molecule has 0 bridgehead atoms. The number of hydrogen-bond acceptors (Lipinski definition) is 1. The molecule has 10 heavy (non-hydrogen) atoms. The van der Waals surface area contributed by atoms with E-state index in [1.165, 1.54) is 0 Å². The highest BCUT2D eigenvalue weighted by atomic mass is 79.9. The van der Waals surface area contributed by atoms with E-state index in [4.69, 9.17) is 5.11 Å². The second kappa shape index (κ2) is 1.97. The quantitative estimate of drug-likeness (QED) is 0.743. The topological polar surface area (TPSA) is 37.3 Å². The highest BCUT2D eigenvalue weighted by Crippen LogP contribution is 2.70. The molecule has 1 fully saturated rings. The van der Waals surface area contributed by atoms with Gasteiger partial charge in [-0.1, -0.05) is 45.7 Å². The van der Waals surface area contributed by atoms with Crippen LogP contribution in [0.3, 0.4) is 0 Å². The van der Waals surface area contributed by atoms with Gasteiger partial charge >= 0.3 is 5.97 Å². The van der Waals surface area contributed by atoms with Crippen LogP contribution in [0.1, 0.15) is 13.8 Å². The number of carboxylic acids is 1. The number of carbonyl (C=O) groups is 1. The number of halogens is 2. The second-order valence-corrected chi connectivity index (χ2v) is 6.68. The van der Waals surface area contributed by atoms with Crippen LogP contribution in [0.4, 0.5) is 0 Å². The van der Waals surface area contributed by atoms with Gasteiger partial charge in [0, 0.05) is 5.41 Å². The first-order valence-corrected chi connectivity index (χ1v) is 4.51. The molecule has 0 spiro atoms. The summed E-state index contributed by atoms with van der Waals surface area (Å²) in [7, 11) is 0. The Morgan fingerprint density at radius 1 is 1.50 bits per heavy atom. The van der Waals surface area contributed by atoms with Crippen LogP contribution in [0.25, 0.3) is 0 Å². The van der Waals surface area contributed by atoms with Crippen LogP contribution in [0.2, 0.25) is 0 Å². The molecule has 0 heterocycles. The fourth-order valence-corrected chi connectivity index (χ4v) is 2.89. The van der Waals surface area contributed by atoms with Crippen molar-refractivity contribution in [3.05, 3.63) is 0 Å². The van der Waals surface area contributed by atoms with Crippen molar-refractivity contribution >= 4 is 37.8 Å². The fraction of sp³-hybridized carbons (Fsp3) is 0.833. The van der Waals surface area contributed by atoms with Gasteiger partial charge < -0.3 is 5.11 Å². The van der Waals surface area contributed by atoms with E-state index in [-0.39, 0.29) is 11.3 Å². The maximum Gasteiger partial charge on any atom is 0.309 e. The molecule has 1 aliphatic carbocycles. The maximum atomic E-state index is 10.5. The summed E-state index contributed by atoms with van der Waals surface area (Å²) in [6, 6.07) is 0. The zero-order valence-corrected chi connectivity index (χ0v) is 8.86. The Hall–Kier alpha value is 0.430. The van der Waals surface area contributed by atoms with E-state index in [0.717, 1.165) is 0 Å². The van der Waals surface area contributed by atoms with Crippen molar-refractivity contribution in [2.24, 2.45) is 11.3 Å². The molecule has 4 heteroatoms. The van der Waals surface area contributed by atoms with Gasteiger partial charge in [-0.05, 0) is 0 Å². The van der Waals surface area contributed by atoms with Gasteiger partial charge in [0.05, 0.1) is 5.92 Å². The number of carboxylic acid groups (broad SMARTS) is 1. The molecule has 1 aliphatic rings. The monoisotopic (exact) mass is 270 g/mol. The summed E-state index contributed by atoms with van der Waals surface area (Å²) in [4.78, 5) is 10.5. The highest BCUT2D eigenvalue weighted by molar-refractivity contribution is 9.25. The average molecular weight is 272 g/mol. The lowest BCUT2D eigenvalue weighted by molar-refractivity contribution is -0.139. The maximum absolute atomic E-state index is 10.5. The molecule has 0 amide bonds. The number of aliphatic carboxylic acids is 1. The van der Waals surface area contributed by atoms with Gasteiger partial charge in [0.2, 0.25) is 0 Å². The van der Waals surface area contributed by atoms with Crippen LogP contribution in [-0.2, 0) is 4.79 Å². The normalized spacial score (nSPS) is 33.4. The number of hydrogen-bond donors (Lipinski definition) is 1. The van der Waals surface area contributed by atoms with Crippen molar-refractivity contribution in [3.8, 4) is 0 Å². The van der Waals surface area contributed by atoms with Crippen molar-refractivity contribution in [2.75, 3.05) is 0 Å². The average Bonchev–Trinajstić information content (AvgIpc) is 1.97. The molecule has 1 unspecified atom stereocenters. The summed E-state index contributed by atoms with van der Waals surface area (Å²) >= 11 is 6.62. The summed E-state index contributed by atoms with van der Waals surface area (Å²) in [6.07, 6.45) is 0. The molecular formula is C6H8Br2O2. The SMILES string of the molecule is CC1(C)C(C(=O)O)C1(Br)Br. The molecule has 0 aliphatic heterocycles. The lowest BCUT2D eigenvalue weighted by Crippen LogP contribution is -2.03. The zero-order valence-electron chi connectivity index (χ0n) is 5.69. The zero-order chi connectivity index (χ0) is 8.15.